The number of ether oxygens (including phenoxy) is 1. The zero-order valence-electron chi connectivity index (χ0n) is 21.4. The van der Waals surface area contributed by atoms with Gasteiger partial charge >= 0.3 is 6.09 Å². The molecule has 1 aromatic rings. The van der Waals surface area contributed by atoms with E-state index < -0.39 is 65.8 Å². The number of amides is 4. The molecule has 1 aromatic heterocycles. The first-order valence-corrected chi connectivity index (χ1v) is 12.2. The summed E-state index contributed by atoms with van der Waals surface area (Å²) in [4.78, 5) is 51.0. The van der Waals surface area contributed by atoms with Gasteiger partial charge in [-0.3, -0.25) is 14.4 Å². The second-order valence-electron chi connectivity index (χ2n) is 10.3. The quantitative estimate of drug-likeness (QED) is 0.197. The number of primary amides is 2. The van der Waals surface area contributed by atoms with Gasteiger partial charge in [-0.15, -0.1) is 17.5 Å². The van der Waals surface area contributed by atoms with E-state index in [0.717, 1.165) is 6.42 Å². The highest BCUT2D eigenvalue weighted by molar-refractivity contribution is 5.91. The number of halogens is 1. The molecule has 1 aliphatic heterocycles. The lowest BCUT2D eigenvalue weighted by Crippen LogP contribution is -2.64. The number of nitrogens with two attached hydrogens (primary N) is 3. The Hall–Kier alpha value is -3.01. The maximum absolute atomic E-state index is 13.6. The first-order chi connectivity index (χ1) is 17.3. The molecule has 38 heavy (non-hydrogen) atoms. The molecule has 16 heteroatoms. The van der Waals surface area contributed by atoms with Gasteiger partial charge in [-0.25, -0.2) is 9.48 Å². The van der Waals surface area contributed by atoms with Crippen LogP contribution in [-0.2, 0) is 24.7 Å². The van der Waals surface area contributed by atoms with Crippen LogP contribution in [0.15, 0.2) is 6.20 Å². The molecule has 2 aliphatic rings. The summed E-state index contributed by atoms with van der Waals surface area (Å²) < 4.78 is 6.11. The number of rotatable bonds is 9. The molecule has 9 N–H and O–H groups in total. The molecule has 0 aromatic carbocycles. The van der Waals surface area contributed by atoms with Crippen LogP contribution in [-0.4, -0.2) is 90.8 Å². The van der Waals surface area contributed by atoms with Crippen LogP contribution in [0.3, 0.4) is 0 Å². The lowest BCUT2D eigenvalue weighted by Gasteiger charge is -2.41. The van der Waals surface area contributed by atoms with Gasteiger partial charge in [0.15, 0.2) is 6.10 Å². The van der Waals surface area contributed by atoms with Gasteiger partial charge in [0.2, 0.25) is 17.7 Å². The maximum Gasteiger partial charge on any atom is 0.404 e. The molecule has 2 fully saturated rings. The molecule has 4 atom stereocenters. The number of aromatic nitrogens is 3. The summed E-state index contributed by atoms with van der Waals surface area (Å²) in [5.74, 6) is -2.24. The van der Waals surface area contributed by atoms with E-state index in [1.165, 1.54) is 15.8 Å². The van der Waals surface area contributed by atoms with Crippen LogP contribution >= 0.6 is 12.4 Å². The molecule has 1 saturated carbocycles. The van der Waals surface area contributed by atoms with Crippen LogP contribution in [0, 0.1) is 0 Å². The third-order valence-electron chi connectivity index (χ3n) is 7.05. The van der Waals surface area contributed by atoms with Crippen molar-refractivity contribution in [2.75, 3.05) is 13.2 Å². The normalized spacial score (nSPS) is 22.6. The number of nitrogens with zero attached hydrogens (tertiary/aromatic N) is 4. The zero-order valence-corrected chi connectivity index (χ0v) is 22.2. The molecule has 0 bridgehead atoms. The van der Waals surface area contributed by atoms with Crippen LogP contribution in [0.1, 0.15) is 64.1 Å². The van der Waals surface area contributed by atoms with Crippen LogP contribution in [0.2, 0.25) is 0 Å². The van der Waals surface area contributed by atoms with Gasteiger partial charge in [-0.1, -0.05) is 24.5 Å². The van der Waals surface area contributed by atoms with E-state index in [4.69, 9.17) is 17.2 Å². The molecule has 15 nitrogen and oxygen atoms in total. The molecule has 3 rings (SSSR count). The lowest BCUT2D eigenvalue weighted by atomic mass is 9.77. The fourth-order valence-electron chi connectivity index (χ4n) is 5.14. The molecule has 4 amide bonds. The van der Waals surface area contributed by atoms with Gasteiger partial charge in [-0.2, -0.15) is 0 Å². The fraction of sp³-hybridized carbons (Fsp3) is 0.727. The number of likely N-dealkylation sites (tertiary alicyclic amines) is 1. The Morgan fingerprint density at radius 1 is 1.24 bits per heavy atom. The minimum absolute atomic E-state index is 0. The van der Waals surface area contributed by atoms with Gasteiger partial charge in [0.25, 0.3) is 0 Å². The van der Waals surface area contributed by atoms with E-state index in [2.05, 4.69) is 20.4 Å². The summed E-state index contributed by atoms with van der Waals surface area (Å²) in [6.07, 6.45) is 1.65. The van der Waals surface area contributed by atoms with Crippen molar-refractivity contribution in [1.82, 2.24) is 25.2 Å². The van der Waals surface area contributed by atoms with Crippen molar-refractivity contribution < 1.29 is 34.1 Å². The summed E-state index contributed by atoms with van der Waals surface area (Å²) in [6, 6.07) is -2.93. The number of hydrogen-bond donors (Lipinski definition) is 6. The summed E-state index contributed by atoms with van der Waals surface area (Å²) in [6.45, 7) is 2.60. The molecule has 214 valence electrons. The Balaban J connectivity index is 0.00000507. The largest absolute Gasteiger partial charge is 0.447 e. The summed E-state index contributed by atoms with van der Waals surface area (Å²) in [5.41, 5.74) is 14.1. The Morgan fingerprint density at radius 3 is 2.42 bits per heavy atom. The smallest absolute Gasteiger partial charge is 0.404 e. The minimum atomic E-state index is -1.61. The van der Waals surface area contributed by atoms with E-state index >= 15 is 0 Å². The summed E-state index contributed by atoms with van der Waals surface area (Å²) in [7, 11) is 0. The summed E-state index contributed by atoms with van der Waals surface area (Å²) >= 11 is 0. The Labute approximate surface area is 225 Å². The fourth-order valence-corrected chi connectivity index (χ4v) is 5.14. The number of carbonyl (C=O) groups excluding carboxylic acids is 4. The SMILES string of the molecule is CC(C)(O)c1cnnn1[C@H]1C[C@@H](C(=O)NC2(C(O)C(N)=O)CCCCC2)N(C(=O)C(N)COC(N)=O)C1.Cl. The number of hydrogen-bond acceptors (Lipinski definition) is 10. The molecule has 2 heterocycles. The van der Waals surface area contributed by atoms with Crippen LogP contribution in [0.4, 0.5) is 4.79 Å². The van der Waals surface area contributed by atoms with Gasteiger partial charge in [0.05, 0.1) is 23.5 Å². The van der Waals surface area contributed by atoms with Crippen molar-refractivity contribution in [2.24, 2.45) is 17.2 Å². The zero-order chi connectivity index (χ0) is 27.5. The van der Waals surface area contributed by atoms with Crippen molar-refractivity contribution in [1.29, 1.82) is 0 Å². The van der Waals surface area contributed by atoms with Gasteiger partial charge in [0, 0.05) is 13.0 Å². The molecule has 1 saturated heterocycles. The Morgan fingerprint density at radius 2 is 1.87 bits per heavy atom. The van der Waals surface area contributed by atoms with Crippen LogP contribution < -0.4 is 22.5 Å². The molecular formula is C22H37ClN8O7. The molecule has 0 radical (unpaired) electrons. The topological polar surface area (TPSA) is 242 Å². The standard InChI is InChI=1S/C22H36N8O7.ClH/c1-21(2,36)15-9-26-28-30(15)12-8-14(29(10-12)19(34)13(23)11-37-20(25)35)18(33)27-22(16(31)17(24)32)6-4-3-5-7-22;/h9,12-14,16,31,36H,3-8,10-11,23H2,1-2H3,(H2,24,32)(H2,25,35)(H,27,33);1H/t12-,13?,14-,16?;/m0./s1. The first kappa shape index (κ1) is 31.2. The predicted molar refractivity (Wildman–Crippen MR) is 134 cm³/mol. The van der Waals surface area contributed by atoms with E-state index in [9.17, 15) is 29.4 Å². The number of nitrogens with one attached hydrogen (secondary N) is 1. The van der Waals surface area contributed by atoms with Gasteiger partial charge < -0.3 is 42.4 Å². The number of aliphatic hydroxyl groups excluding tert-OH is 1. The van der Waals surface area contributed by atoms with E-state index in [0.29, 0.717) is 31.4 Å². The highest BCUT2D eigenvalue weighted by Crippen LogP contribution is 2.34. The average molecular weight is 561 g/mol. The molecule has 0 spiro atoms. The second kappa shape index (κ2) is 12.2. The molecule has 1 aliphatic carbocycles. The van der Waals surface area contributed by atoms with Crippen molar-refractivity contribution in [3.05, 3.63) is 11.9 Å². The predicted octanol–water partition coefficient (Wildman–Crippen LogP) is -1.84. The highest BCUT2D eigenvalue weighted by atomic mass is 35.5. The van der Waals surface area contributed by atoms with E-state index in [1.54, 1.807) is 13.8 Å². The Bertz CT molecular complexity index is 1020. The van der Waals surface area contributed by atoms with E-state index in [-0.39, 0.29) is 25.4 Å². The van der Waals surface area contributed by atoms with Crippen LogP contribution in [0.5, 0.6) is 0 Å². The Kier molecular flexibility index (Phi) is 10.0. The summed E-state index contributed by atoms with van der Waals surface area (Å²) in [5, 5.41) is 31.9. The molecule has 2 unspecified atom stereocenters. The lowest BCUT2D eigenvalue weighted by molar-refractivity contribution is -0.143. The van der Waals surface area contributed by atoms with Crippen molar-refractivity contribution in [2.45, 2.75) is 87.7 Å². The third kappa shape index (κ3) is 6.70. The minimum Gasteiger partial charge on any atom is -0.447 e. The number of aliphatic hydroxyl groups is 2. The number of carbonyl (C=O) groups is 4. The monoisotopic (exact) mass is 560 g/mol. The van der Waals surface area contributed by atoms with Crippen LogP contribution in [0.25, 0.3) is 0 Å². The second-order valence-corrected chi connectivity index (χ2v) is 10.3. The molecular weight excluding hydrogens is 524 g/mol. The average Bonchev–Trinajstić information content (AvgIpc) is 3.49. The third-order valence-corrected chi connectivity index (χ3v) is 7.05. The maximum atomic E-state index is 13.6. The van der Waals surface area contributed by atoms with Gasteiger partial charge in [0.1, 0.15) is 24.3 Å². The van der Waals surface area contributed by atoms with Crippen molar-refractivity contribution in [3.63, 3.8) is 0 Å². The first-order valence-electron chi connectivity index (χ1n) is 12.2. The van der Waals surface area contributed by atoms with Gasteiger partial charge in [-0.05, 0) is 26.7 Å². The van der Waals surface area contributed by atoms with Crippen molar-refractivity contribution >= 4 is 36.2 Å². The van der Waals surface area contributed by atoms with E-state index in [1.807, 2.05) is 0 Å². The highest BCUT2D eigenvalue weighted by Gasteiger charge is 2.48. The van der Waals surface area contributed by atoms with Crippen molar-refractivity contribution in [3.8, 4) is 0 Å².